The van der Waals surface area contributed by atoms with Crippen LogP contribution in [0.4, 0.5) is 5.82 Å². The number of carbonyl (C=O) groups excluding carboxylic acids is 1. The summed E-state index contributed by atoms with van der Waals surface area (Å²) in [4.78, 5) is 20.2. The van der Waals surface area contributed by atoms with Crippen LogP contribution in [0.1, 0.15) is 29.8 Å². The van der Waals surface area contributed by atoms with Crippen LogP contribution >= 0.6 is 0 Å². The number of fused-ring (bicyclic) bond motifs is 2. The molecular weight excluding hydrogens is 232 g/mol. The Balaban J connectivity index is 1.67. The van der Waals surface area contributed by atoms with E-state index in [2.05, 4.69) is 20.6 Å². The van der Waals surface area contributed by atoms with Crippen LogP contribution in [0.3, 0.4) is 0 Å². The summed E-state index contributed by atoms with van der Waals surface area (Å²) in [7, 11) is 1.75. The Morgan fingerprint density at radius 2 is 2.33 bits per heavy atom. The predicted molar refractivity (Wildman–Crippen MR) is 65.3 cm³/mol. The maximum atomic E-state index is 12.0. The lowest BCUT2D eigenvalue weighted by atomic mass is 9.95. The highest BCUT2D eigenvalue weighted by molar-refractivity contribution is 5.92. The first-order valence-electron chi connectivity index (χ1n) is 6.22. The van der Waals surface area contributed by atoms with Gasteiger partial charge in [-0.15, -0.1) is 0 Å². The smallest absolute Gasteiger partial charge is 0.271 e. The molecule has 0 saturated carbocycles. The first-order chi connectivity index (χ1) is 8.76. The molecule has 2 saturated heterocycles. The SMILES string of the molecule is CNc1cncc(C(=O)NC2CC3CCC2O3)n1. The second-order valence-corrected chi connectivity index (χ2v) is 4.73. The average Bonchev–Trinajstić information content (AvgIpc) is 3.01. The van der Waals surface area contributed by atoms with E-state index in [1.54, 1.807) is 13.2 Å². The number of nitrogens with one attached hydrogen (secondary N) is 2. The van der Waals surface area contributed by atoms with Crippen LogP contribution in [-0.4, -0.2) is 41.2 Å². The van der Waals surface area contributed by atoms with Crippen LogP contribution in [0, 0.1) is 0 Å². The predicted octanol–water partition coefficient (Wildman–Crippen LogP) is 0.568. The van der Waals surface area contributed by atoms with Gasteiger partial charge in [-0.3, -0.25) is 9.78 Å². The third-order valence-corrected chi connectivity index (χ3v) is 3.55. The maximum absolute atomic E-state index is 12.0. The quantitative estimate of drug-likeness (QED) is 0.817. The monoisotopic (exact) mass is 248 g/mol. The molecule has 3 unspecified atom stereocenters. The lowest BCUT2D eigenvalue weighted by Crippen LogP contribution is -2.41. The number of hydrogen-bond acceptors (Lipinski definition) is 5. The van der Waals surface area contributed by atoms with Gasteiger partial charge in [0.25, 0.3) is 5.91 Å². The molecule has 6 nitrogen and oxygen atoms in total. The summed E-state index contributed by atoms with van der Waals surface area (Å²) >= 11 is 0. The Hall–Kier alpha value is -1.69. The number of amides is 1. The largest absolute Gasteiger partial charge is 0.373 e. The van der Waals surface area contributed by atoms with E-state index in [0.29, 0.717) is 17.6 Å². The van der Waals surface area contributed by atoms with E-state index in [9.17, 15) is 4.79 Å². The van der Waals surface area contributed by atoms with Crippen molar-refractivity contribution >= 4 is 11.7 Å². The zero-order valence-corrected chi connectivity index (χ0v) is 10.2. The summed E-state index contributed by atoms with van der Waals surface area (Å²) in [5, 5.41) is 5.85. The van der Waals surface area contributed by atoms with Crippen molar-refractivity contribution < 1.29 is 9.53 Å². The number of nitrogens with zero attached hydrogens (tertiary/aromatic N) is 2. The molecule has 0 radical (unpaired) electrons. The van der Waals surface area contributed by atoms with Crippen molar-refractivity contribution in [3.63, 3.8) is 0 Å². The van der Waals surface area contributed by atoms with Crippen molar-refractivity contribution in [2.75, 3.05) is 12.4 Å². The number of aromatic nitrogens is 2. The summed E-state index contributed by atoms with van der Waals surface area (Å²) < 4.78 is 5.70. The van der Waals surface area contributed by atoms with Crippen molar-refractivity contribution in [1.29, 1.82) is 0 Å². The summed E-state index contributed by atoms with van der Waals surface area (Å²) in [5.41, 5.74) is 0.338. The molecule has 3 rings (SSSR count). The molecule has 0 aliphatic carbocycles. The van der Waals surface area contributed by atoms with Gasteiger partial charge >= 0.3 is 0 Å². The molecule has 2 N–H and O–H groups in total. The topological polar surface area (TPSA) is 76.1 Å². The molecule has 2 fully saturated rings. The van der Waals surface area contributed by atoms with Crippen LogP contribution in [0.5, 0.6) is 0 Å². The highest BCUT2D eigenvalue weighted by Crippen LogP contribution is 2.34. The Morgan fingerprint density at radius 3 is 3.00 bits per heavy atom. The van der Waals surface area contributed by atoms with Gasteiger partial charge in [0, 0.05) is 7.05 Å². The van der Waals surface area contributed by atoms with Crippen molar-refractivity contribution in [2.45, 2.75) is 37.5 Å². The zero-order valence-electron chi connectivity index (χ0n) is 10.2. The zero-order chi connectivity index (χ0) is 12.5. The van der Waals surface area contributed by atoms with E-state index in [4.69, 9.17) is 4.74 Å². The van der Waals surface area contributed by atoms with E-state index in [1.165, 1.54) is 6.20 Å². The van der Waals surface area contributed by atoms with E-state index in [1.807, 2.05) is 0 Å². The van der Waals surface area contributed by atoms with Crippen molar-refractivity contribution in [3.8, 4) is 0 Å². The molecule has 96 valence electrons. The van der Waals surface area contributed by atoms with Crippen molar-refractivity contribution in [1.82, 2.24) is 15.3 Å². The van der Waals surface area contributed by atoms with Gasteiger partial charge in [0.1, 0.15) is 11.5 Å². The first kappa shape index (κ1) is 11.4. The van der Waals surface area contributed by atoms with Crippen molar-refractivity contribution in [2.24, 2.45) is 0 Å². The van der Waals surface area contributed by atoms with E-state index >= 15 is 0 Å². The first-order valence-corrected chi connectivity index (χ1v) is 6.22. The van der Waals surface area contributed by atoms with E-state index in [-0.39, 0.29) is 18.1 Å². The number of rotatable bonds is 3. The Bertz CT molecular complexity index is 465. The van der Waals surface area contributed by atoms with Crippen LogP contribution in [0.2, 0.25) is 0 Å². The van der Waals surface area contributed by atoms with E-state index in [0.717, 1.165) is 19.3 Å². The van der Waals surface area contributed by atoms with Crippen LogP contribution in [0.25, 0.3) is 0 Å². The number of ether oxygens (including phenoxy) is 1. The van der Waals surface area contributed by atoms with Gasteiger partial charge in [-0.05, 0) is 19.3 Å². The minimum atomic E-state index is -0.180. The molecule has 2 bridgehead atoms. The van der Waals surface area contributed by atoms with Crippen LogP contribution in [0.15, 0.2) is 12.4 Å². The molecule has 6 heteroatoms. The molecule has 1 amide bonds. The molecule has 2 aliphatic rings. The van der Waals surface area contributed by atoms with Gasteiger partial charge < -0.3 is 15.4 Å². The van der Waals surface area contributed by atoms with Crippen LogP contribution in [-0.2, 0) is 4.74 Å². The standard InChI is InChI=1S/C12H16N4O2/c1-13-11-6-14-5-9(15-11)12(17)16-8-4-7-2-3-10(8)18-7/h5-8,10H,2-4H2,1H3,(H,13,15)(H,16,17). The molecule has 1 aromatic rings. The molecule has 0 spiro atoms. The Labute approximate surface area is 105 Å². The molecule has 3 atom stereocenters. The van der Waals surface area contributed by atoms with Gasteiger partial charge in [-0.1, -0.05) is 0 Å². The number of hydrogen-bond donors (Lipinski definition) is 2. The number of anilines is 1. The Kier molecular flexibility index (Phi) is 2.87. The summed E-state index contributed by atoms with van der Waals surface area (Å²) in [6.07, 6.45) is 6.63. The number of carbonyl (C=O) groups is 1. The van der Waals surface area contributed by atoms with Crippen molar-refractivity contribution in [3.05, 3.63) is 18.1 Å². The third kappa shape index (κ3) is 2.03. The van der Waals surface area contributed by atoms with Gasteiger partial charge in [-0.25, -0.2) is 4.98 Å². The minimum absolute atomic E-state index is 0.122. The summed E-state index contributed by atoms with van der Waals surface area (Å²) in [6, 6.07) is 0.122. The summed E-state index contributed by atoms with van der Waals surface area (Å²) in [6.45, 7) is 0. The molecule has 3 heterocycles. The molecule has 0 aromatic carbocycles. The van der Waals surface area contributed by atoms with Gasteiger partial charge in [-0.2, -0.15) is 0 Å². The fraction of sp³-hybridized carbons (Fsp3) is 0.583. The molecule has 1 aromatic heterocycles. The molecular formula is C12H16N4O2. The average molecular weight is 248 g/mol. The highest BCUT2D eigenvalue weighted by atomic mass is 16.5. The lowest BCUT2D eigenvalue weighted by Gasteiger charge is -2.19. The molecule has 18 heavy (non-hydrogen) atoms. The summed E-state index contributed by atoms with van der Waals surface area (Å²) in [5.74, 6) is 0.410. The molecule has 2 aliphatic heterocycles. The highest BCUT2D eigenvalue weighted by Gasteiger charge is 2.41. The van der Waals surface area contributed by atoms with Gasteiger partial charge in [0.15, 0.2) is 0 Å². The normalized spacial score (nSPS) is 29.3. The van der Waals surface area contributed by atoms with E-state index < -0.39 is 0 Å². The minimum Gasteiger partial charge on any atom is -0.373 e. The lowest BCUT2D eigenvalue weighted by molar-refractivity contribution is 0.0837. The van der Waals surface area contributed by atoms with Crippen LogP contribution < -0.4 is 10.6 Å². The second-order valence-electron chi connectivity index (χ2n) is 4.73. The van der Waals surface area contributed by atoms with Gasteiger partial charge in [0.2, 0.25) is 0 Å². The fourth-order valence-electron chi connectivity index (χ4n) is 2.63. The maximum Gasteiger partial charge on any atom is 0.271 e. The fourth-order valence-corrected chi connectivity index (χ4v) is 2.63. The van der Waals surface area contributed by atoms with Gasteiger partial charge in [0.05, 0.1) is 30.6 Å². The Morgan fingerprint density at radius 1 is 1.44 bits per heavy atom. The second kappa shape index (κ2) is 4.53. The third-order valence-electron chi connectivity index (χ3n) is 3.55.